The Bertz CT molecular complexity index is 1340. The van der Waals surface area contributed by atoms with Crippen molar-refractivity contribution in [3.8, 4) is 11.1 Å². The van der Waals surface area contributed by atoms with Gasteiger partial charge in [-0.1, -0.05) is 30.3 Å². The molecule has 0 radical (unpaired) electrons. The van der Waals surface area contributed by atoms with E-state index < -0.39 is 40.0 Å². The molecule has 3 aromatic carbocycles. The summed E-state index contributed by atoms with van der Waals surface area (Å²) in [5, 5.41) is 2.69. The predicted octanol–water partition coefficient (Wildman–Crippen LogP) is 4.47. The number of amides is 1. The van der Waals surface area contributed by atoms with Gasteiger partial charge in [0.15, 0.2) is 0 Å². The maximum atomic E-state index is 13.3. The second-order valence-corrected chi connectivity index (χ2v) is 10.6. The fraction of sp³-hybridized carbons (Fsp3) is 0.269. The summed E-state index contributed by atoms with van der Waals surface area (Å²) >= 11 is 0. The van der Waals surface area contributed by atoms with Crippen LogP contribution in [-0.2, 0) is 32.3 Å². The molecular weight excluding hydrogens is 512 g/mol. The molecule has 0 aromatic heterocycles. The second kappa shape index (κ2) is 11.0. The SMILES string of the molecule is O=C(CN(CC1COC1)S(=O)(=O)c1ccc(F)cc1)NCc1cccc(-c2ccc(C(F)(F)F)cc2)c1. The molecule has 0 unspecified atom stereocenters. The predicted molar refractivity (Wildman–Crippen MR) is 128 cm³/mol. The van der Waals surface area contributed by atoms with Crippen molar-refractivity contribution in [2.45, 2.75) is 17.6 Å². The summed E-state index contributed by atoms with van der Waals surface area (Å²) in [6.45, 7) is 0.497. The number of hydrogen-bond donors (Lipinski definition) is 1. The first-order valence-corrected chi connectivity index (χ1v) is 12.8. The molecule has 1 aliphatic rings. The van der Waals surface area contributed by atoms with Crippen molar-refractivity contribution in [2.75, 3.05) is 26.3 Å². The largest absolute Gasteiger partial charge is 0.416 e. The van der Waals surface area contributed by atoms with Crippen molar-refractivity contribution in [3.63, 3.8) is 0 Å². The molecule has 1 aliphatic heterocycles. The van der Waals surface area contributed by atoms with Gasteiger partial charge in [0.2, 0.25) is 15.9 Å². The van der Waals surface area contributed by atoms with E-state index in [0.717, 1.165) is 40.7 Å². The minimum Gasteiger partial charge on any atom is -0.381 e. The van der Waals surface area contributed by atoms with Crippen LogP contribution in [0, 0.1) is 11.7 Å². The Balaban J connectivity index is 1.42. The molecule has 1 N–H and O–H groups in total. The Hall–Kier alpha value is -3.28. The Morgan fingerprint density at radius 3 is 2.24 bits per heavy atom. The number of nitrogens with one attached hydrogen (secondary N) is 1. The highest BCUT2D eigenvalue weighted by atomic mass is 32.2. The van der Waals surface area contributed by atoms with Crippen LogP contribution in [0.3, 0.4) is 0 Å². The molecule has 1 amide bonds. The number of carbonyl (C=O) groups is 1. The van der Waals surface area contributed by atoms with Gasteiger partial charge in [-0.3, -0.25) is 4.79 Å². The van der Waals surface area contributed by atoms with Crippen LogP contribution in [0.2, 0.25) is 0 Å². The van der Waals surface area contributed by atoms with Crippen LogP contribution in [0.5, 0.6) is 0 Å². The smallest absolute Gasteiger partial charge is 0.381 e. The Morgan fingerprint density at radius 2 is 1.65 bits per heavy atom. The van der Waals surface area contributed by atoms with Crippen LogP contribution in [0.4, 0.5) is 17.6 Å². The number of benzene rings is 3. The average Bonchev–Trinajstić information content (AvgIpc) is 2.84. The first kappa shape index (κ1) is 26.8. The highest BCUT2D eigenvalue weighted by Gasteiger charge is 2.32. The Morgan fingerprint density at radius 1 is 0.973 bits per heavy atom. The monoisotopic (exact) mass is 536 g/mol. The van der Waals surface area contributed by atoms with Crippen LogP contribution in [0.15, 0.2) is 77.7 Å². The van der Waals surface area contributed by atoms with Crippen LogP contribution in [0.1, 0.15) is 11.1 Å². The highest BCUT2D eigenvalue weighted by molar-refractivity contribution is 7.89. The molecule has 1 fully saturated rings. The van der Waals surface area contributed by atoms with Gasteiger partial charge in [-0.2, -0.15) is 17.5 Å². The van der Waals surface area contributed by atoms with Crippen LogP contribution < -0.4 is 5.32 Å². The van der Waals surface area contributed by atoms with E-state index in [4.69, 9.17) is 4.74 Å². The zero-order chi connectivity index (χ0) is 26.6. The van der Waals surface area contributed by atoms with Gasteiger partial charge in [0.25, 0.3) is 0 Å². The van der Waals surface area contributed by atoms with Crippen LogP contribution >= 0.6 is 0 Å². The number of hydrogen-bond acceptors (Lipinski definition) is 4. The van der Waals surface area contributed by atoms with E-state index in [0.29, 0.717) is 29.9 Å². The Kier molecular flexibility index (Phi) is 7.96. The maximum Gasteiger partial charge on any atom is 0.416 e. The molecule has 0 aliphatic carbocycles. The fourth-order valence-corrected chi connectivity index (χ4v) is 5.28. The third-order valence-corrected chi connectivity index (χ3v) is 7.73. The summed E-state index contributed by atoms with van der Waals surface area (Å²) in [5.41, 5.74) is 1.20. The van der Waals surface area contributed by atoms with Crippen molar-refractivity contribution < 1.29 is 35.5 Å². The van der Waals surface area contributed by atoms with Gasteiger partial charge in [0, 0.05) is 19.0 Å². The standard InChI is InChI=1S/C26H24F4N2O4S/c27-23-8-10-24(11-9-23)37(34,35)32(14-19-16-36-17-19)15-25(33)31-13-18-2-1-3-21(12-18)20-4-6-22(7-5-20)26(28,29)30/h1-12,19H,13-17H2,(H,31,33). The van der Waals surface area contributed by atoms with E-state index in [9.17, 15) is 30.8 Å². The summed E-state index contributed by atoms with van der Waals surface area (Å²) in [6, 6.07) is 16.1. The van der Waals surface area contributed by atoms with E-state index in [1.807, 2.05) is 0 Å². The van der Waals surface area contributed by atoms with Gasteiger partial charge >= 0.3 is 6.18 Å². The molecule has 1 saturated heterocycles. The molecule has 1 heterocycles. The lowest BCUT2D eigenvalue weighted by Crippen LogP contribution is -2.46. The van der Waals surface area contributed by atoms with E-state index in [1.54, 1.807) is 24.3 Å². The molecule has 11 heteroatoms. The second-order valence-electron chi connectivity index (χ2n) is 8.71. The van der Waals surface area contributed by atoms with Gasteiger partial charge in [-0.25, -0.2) is 12.8 Å². The highest BCUT2D eigenvalue weighted by Crippen LogP contribution is 2.31. The average molecular weight is 537 g/mol. The van der Waals surface area contributed by atoms with Crippen molar-refractivity contribution in [2.24, 2.45) is 5.92 Å². The summed E-state index contributed by atoms with van der Waals surface area (Å²) in [4.78, 5) is 12.6. The number of nitrogens with zero attached hydrogens (tertiary/aromatic N) is 1. The summed E-state index contributed by atoms with van der Waals surface area (Å²) in [7, 11) is -4.05. The van der Waals surface area contributed by atoms with Gasteiger partial charge in [0.05, 0.1) is 30.2 Å². The van der Waals surface area contributed by atoms with Crippen molar-refractivity contribution >= 4 is 15.9 Å². The number of rotatable bonds is 9. The summed E-state index contributed by atoms with van der Waals surface area (Å²) in [5.74, 6) is -1.16. The van der Waals surface area contributed by atoms with Crippen LogP contribution in [0.25, 0.3) is 11.1 Å². The molecule has 6 nitrogen and oxygen atoms in total. The molecule has 37 heavy (non-hydrogen) atoms. The molecule has 3 aromatic rings. The zero-order valence-electron chi connectivity index (χ0n) is 19.5. The minimum absolute atomic E-state index is 0.0524. The third-order valence-electron chi connectivity index (χ3n) is 5.90. The quantitative estimate of drug-likeness (QED) is 0.410. The van der Waals surface area contributed by atoms with Crippen molar-refractivity contribution in [3.05, 3.63) is 89.7 Å². The van der Waals surface area contributed by atoms with Crippen molar-refractivity contribution in [1.29, 1.82) is 0 Å². The van der Waals surface area contributed by atoms with Gasteiger partial charge in [-0.15, -0.1) is 0 Å². The number of sulfonamides is 1. The fourth-order valence-electron chi connectivity index (χ4n) is 3.81. The summed E-state index contributed by atoms with van der Waals surface area (Å²) in [6.07, 6.45) is -4.42. The third kappa shape index (κ3) is 6.73. The molecule has 0 saturated carbocycles. The molecule has 0 bridgehead atoms. The minimum atomic E-state index is -4.42. The number of ether oxygens (including phenoxy) is 1. The Labute approximate surface area is 211 Å². The lowest BCUT2D eigenvalue weighted by Gasteiger charge is -2.31. The van der Waals surface area contributed by atoms with Gasteiger partial charge in [-0.05, 0) is 59.2 Å². The van der Waals surface area contributed by atoms with E-state index in [-0.39, 0.29) is 23.9 Å². The number of halogens is 4. The molecule has 0 spiro atoms. The molecule has 0 atom stereocenters. The van der Waals surface area contributed by atoms with E-state index in [1.165, 1.54) is 12.1 Å². The lowest BCUT2D eigenvalue weighted by atomic mass is 10.0. The normalized spacial score (nSPS) is 14.4. The molecular formula is C26H24F4N2O4S. The maximum absolute atomic E-state index is 13.3. The number of alkyl halides is 3. The lowest BCUT2D eigenvalue weighted by molar-refractivity contribution is -0.137. The van der Waals surface area contributed by atoms with E-state index in [2.05, 4.69) is 5.32 Å². The van der Waals surface area contributed by atoms with Crippen molar-refractivity contribution in [1.82, 2.24) is 9.62 Å². The molecule has 4 rings (SSSR count). The van der Waals surface area contributed by atoms with Gasteiger partial charge in [0.1, 0.15) is 5.82 Å². The molecule has 196 valence electrons. The first-order chi connectivity index (χ1) is 17.5. The topological polar surface area (TPSA) is 75.7 Å². The summed E-state index contributed by atoms with van der Waals surface area (Å²) < 4.78 is 84.2. The number of carbonyl (C=O) groups excluding carboxylic acids is 1. The first-order valence-electron chi connectivity index (χ1n) is 11.4. The zero-order valence-corrected chi connectivity index (χ0v) is 20.4. The van der Waals surface area contributed by atoms with Gasteiger partial charge < -0.3 is 10.1 Å². The van der Waals surface area contributed by atoms with Crippen LogP contribution in [-0.4, -0.2) is 44.9 Å². The van der Waals surface area contributed by atoms with E-state index >= 15 is 0 Å².